The molecule has 2 heterocycles. The van der Waals surface area contributed by atoms with Crippen molar-refractivity contribution in [3.05, 3.63) is 105 Å². The summed E-state index contributed by atoms with van der Waals surface area (Å²) in [4.78, 5) is 6.42. The zero-order valence-electron chi connectivity index (χ0n) is 30.2. The molecule has 1 atom stereocenters. The van der Waals surface area contributed by atoms with Crippen molar-refractivity contribution >= 4 is 11.6 Å². The summed E-state index contributed by atoms with van der Waals surface area (Å²) < 4.78 is 18.8. The monoisotopic (exact) mass is 728 g/mol. The first-order chi connectivity index (χ1) is 25.2. The van der Waals surface area contributed by atoms with Crippen LogP contribution in [-0.2, 0) is 19.8 Å². The molecule has 0 amide bonds. The van der Waals surface area contributed by atoms with Crippen LogP contribution in [-0.4, -0.2) is 76.3 Å². The van der Waals surface area contributed by atoms with Gasteiger partial charge in [0.2, 0.25) is 0 Å². The highest BCUT2D eigenvalue weighted by Crippen LogP contribution is 2.36. The molecule has 0 bridgehead atoms. The van der Waals surface area contributed by atoms with E-state index in [-0.39, 0.29) is 39.1 Å². The van der Waals surface area contributed by atoms with Crippen molar-refractivity contribution in [2.24, 2.45) is 0 Å². The first-order valence-corrected chi connectivity index (χ1v) is 18.2. The SMILES string of the molecule is CCC(CO)(CO)NCc1cc(Cl)c(OCc2cccc(-c3cccc(OCCCN4CC[C@@H](O)C4)c3C)c2C)cc1OCc1cncc(C#N)c1. The van der Waals surface area contributed by atoms with Gasteiger partial charge in [-0.25, -0.2) is 0 Å². The fourth-order valence-corrected chi connectivity index (χ4v) is 6.62. The highest BCUT2D eigenvalue weighted by atomic mass is 35.5. The van der Waals surface area contributed by atoms with E-state index < -0.39 is 5.54 Å². The number of β-amino-alcohol motifs (C(OH)–C–C–N with tert-alkyl or cyclic N) is 1. The van der Waals surface area contributed by atoms with E-state index in [9.17, 15) is 20.6 Å². The van der Waals surface area contributed by atoms with Crippen LogP contribution >= 0.6 is 11.6 Å². The molecule has 1 fully saturated rings. The first kappa shape index (κ1) is 39.0. The fraction of sp³-hybridized carbons (Fsp3) is 0.415. The lowest BCUT2D eigenvalue weighted by Crippen LogP contribution is -2.50. The molecule has 4 aromatic rings. The van der Waals surface area contributed by atoms with Gasteiger partial charge in [-0.05, 0) is 79.1 Å². The summed E-state index contributed by atoms with van der Waals surface area (Å²) in [5.74, 6) is 1.81. The van der Waals surface area contributed by atoms with Gasteiger partial charge in [-0.15, -0.1) is 0 Å². The van der Waals surface area contributed by atoms with Crippen LogP contribution in [0.2, 0.25) is 5.02 Å². The molecule has 11 heteroatoms. The molecule has 1 aromatic heterocycles. The molecule has 0 spiro atoms. The van der Waals surface area contributed by atoms with E-state index in [1.165, 1.54) is 6.20 Å². The van der Waals surface area contributed by atoms with Crippen molar-refractivity contribution in [1.82, 2.24) is 15.2 Å². The van der Waals surface area contributed by atoms with Crippen molar-refractivity contribution in [2.45, 2.75) is 71.4 Å². The normalized spacial score (nSPS) is 14.7. The highest BCUT2D eigenvalue weighted by molar-refractivity contribution is 6.32. The lowest BCUT2D eigenvalue weighted by Gasteiger charge is -2.30. The summed E-state index contributed by atoms with van der Waals surface area (Å²) >= 11 is 6.80. The van der Waals surface area contributed by atoms with Gasteiger partial charge in [0, 0.05) is 55.8 Å². The smallest absolute Gasteiger partial charge is 0.142 e. The van der Waals surface area contributed by atoms with Crippen molar-refractivity contribution in [1.29, 1.82) is 5.26 Å². The van der Waals surface area contributed by atoms with Crippen molar-refractivity contribution in [2.75, 3.05) is 39.5 Å². The Morgan fingerprint density at radius 3 is 2.40 bits per heavy atom. The number of pyridine rings is 1. The Kier molecular flexibility index (Phi) is 13.9. The molecule has 10 nitrogen and oxygen atoms in total. The number of nitrogens with zero attached hydrogens (tertiary/aromatic N) is 3. The molecule has 0 aliphatic carbocycles. The minimum Gasteiger partial charge on any atom is -0.493 e. The van der Waals surface area contributed by atoms with E-state index in [0.29, 0.717) is 40.7 Å². The number of aromatic nitrogens is 1. The third-order valence-electron chi connectivity index (χ3n) is 9.90. The van der Waals surface area contributed by atoms with Crippen LogP contribution < -0.4 is 19.5 Å². The van der Waals surface area contributed by atoms with Gasteiger partial charge in [-0.3, -0.25) is 4.98 Å². The molecule has 0 radical (unpaired) electrons. The third kappa shape index (κ3) is 9.81. The Morgan fingerprint density at radius 2 is 1.69 bits per heavy atom. The summed E-state index contributed by atoms with van der Waals surface area (Å²) in [5, 5.41) is 42.7. The molecule has 276 valence electrons. The predicted octanol–water partition coefficient (Wildman–Crippen LogP) is 6.11. The van der Waals surface area contributed by atoms with Crippen LogP contribution in [0.3, 0.4) is 0 Å². The minimum absolute atomic E-state index is 0.154. The summed E-state index contributed by atoms with van der Waals surface area (Å²) in [6.07, 6.45) is 5.18. The molecule has 5 rings (SSSR count). The van der Waals surface area contributed by atoms with Gasteiger partial charge >= 0.3 is 0 Å². The van der Waals surface area contributed by atoms with Crippen LogP contribution in [0, 0.1) is 25.2 Å². The maximum absolute atomic E-state index is 9.98. The third-order valence-corrected chi connectivity index (χ3v) is 10.2. The van der Waals surface area contributed by atoms with E-state index in [1.807, 2.05) is 31.2 Å². The highest BCUT2D eigenvalue weighted by Gasteiger charge is 2.26. The number of benzene rings is 3. The molecule has 52 heavy (non-hydrogen) atoms. The molecule has 1 saturated heterocycles. The summed E-state index contributed by atoms with van der Waals surface area (Å²) in [7, 11) is 0. The number of ether oxygens (including phenoxy) is 3. The fourth-order valence-electron chi connectivity index (χ4n) is 6.38. The predicted molar refractivity (Wildman–Crippen MR) is 202 cm³/mol. The summed E-state index contributed by atoms with van der Waals surface area (Å²) in [5.41, 5.74) is 6.34. The second-order valence-corrected chi connectivity index (χ2v) is 13.8. The second-order valence-electron chi connectivity index (χ2n) is 13.4. The number of nitrogens with one attached hydrogen (secondary N) is 1. The number of hydrogen-bond acceptors (Lipinski definition) is 10. The van der Waals surface area contributed by atoms with Gasteiger partial charge in [0.05, 0.1) is 42.0 Å². The molecule has 0 saturated carbocycles. The lowest BCUT2D eigenvalue weighted by atomic mass is 9.93. The topological polar surface area (TPSA) is 140 Å². The van der Waals surface area contributed by atoms with Crippen LogP contribution in [0.1, 0.15) is 59.6 Å². The number of halogens is 1. The van der Waals surface area contributed by atoms with Crippen LogP contribution in [0.25, 0.3) is 11.1 Å². The number of aliphatic hydroxyl groups excluding tert-OH is 3. The standard InChI is InChI=1S/C41H49ClN4O6/c1-4-41(26-47,27-48)45-22-33-17-37(42)40(18-39(33)51-24-31-16-30(19-43)20-44-21-31)52-25-32-8-5-9-35(28(32)2)36-10-6-11-38(29(36)3)50-15-7-13-46-14-12-34(49)23-46/h5-6,8-11,16-18,20-21,34,45,47-49H,4,7,12-15,22-27H2,1-3H3/t34-/m1/s1. The van der Waals surface area contributed by atoms with Gasteiger partial charge in [0.1, 0.15) is 36.5 Å². The lowest BCUT2D eigenvalue weighted by molar-refractivity contribution is 0.0861. The molecule has 0 unspecified atom stereocenters. The quantitative estimate of drug-likeness (QED) is 0.0888. The Balaban J connectivity index is 1.32. The number of likely N-dealkylation sites (tertiary alicyclic amines) is 1. The molecular formula is C41H49ClN4O6. The van der Waals surface area contributed by atoms with E-state index in [2.05, 4.69) is 47.3 Å². The average Bonchev–Trinajstić information content (AvgIpc) is 3.59. The van der Waals surface area contributed by atoms with Crippen LogP contribution in [0.5, 0.6) is 17.2 Å². The molecular weight excluding hydrogens is 680 g/mol. The van der Waals surface area contributed by atoms with Crippen molar-refractivity contribution in [3.63, 3.8) is 0 Å². The van der Waals surface area contributed by atoms with Crippen molar-refractivity contribution in [3.8, 4) is 34.4 Å². The first-order valence-electron chi connectivity index (χ1n) is 17.8. The number of hydrogen-bond donors (Lipinski definition) is 4. The largest absolute Gasteiger partial charge is 0.493 e. The maximum Gasteiger partial charge on any atom is 0.142 e. The van der Waals surface area contributed by atoms with Crippen LogP contribution in [0.15, 0.2) is 67.0 Å². The molecule has 1 aliphatic heterocycles. The number of nitriles is 1. The Hall–Kier alpha value is -4.21. The Bertz CT molecular complexity index is 1830. The summed E-state index contributed by atoms with van der Waals surface area (Å²) in [6.45, 7) is 9.47. The molecule has 1 aliphatic rings. The Morgan fingerprint density at radius 1 is 0.942 bits per heavy atom. The molecule has 4 N–H and O–H groups in total. The maximum atomic E-state index is 9.98. The minimum atomic E-state index is -0.866. The van der Waals surface area contributed by atoms with E-state index in [4.69, 9.17) is 25.8 Å². The van der Waals surface area contributed by atoms with E-state index in [0.717, 1.165) is 71.6 Å². The zero-order chi connectivity index (χ0) is 37.1. The van der Waals surface area contributed by atoms with E-state index in [1.54, 1.807) is 24.4 Å². The average molecular weight is 729 g/mol. The second kappa shape index (κ2) is 18.5. The molecule has 3 aromatic carbocycles. The number of rotatable bonds is 18. The van der Waals surface area contributed by atoms with E-state index >= 15 is 0 Å². The van der Waals surface area contributed by atoms with Gasteiger partial charge in [0.25, 0.3) is 0 Å². The van der Waals surface area contributed by atoms with Crippen LogP contribution in [0.4, 0.5) is 0 Å². The number of aliphatic hydroxyl groups is 3. The summed E-state index contributed by atoms with van der Waals surface area (Å²) in [6, 6.07) is 19.6. The van der Waals surface area contributed by atoms with Gasteiger partial charge < -0.3 is 39.7 Å². The van der Waals surface area contributed by atoms with Gasteiger partial charge in [-0.2, -0.15) is 5.26 Å². The zero-order valence-corrected chi connectivity index (χ0v) is 31.0. The van der Waals surface area contributed by atoms with Crippen molar-refractivity contribution < 1.29 is 29.5 Å². The Labute approximate surface area is 311 Å². The van der Waals surface area contributed by atoms with Gasteiger partial charge in [0.15, 0.2) is 0 Å². The van der Waals surface area contributed by atoms with Gasteiger partial charge in [-0.1, -0.05) is 48.9 Å².